The van der Waals surface area contributed by atoms with Gasteiger partial charge in [-0.3, -0.25) is 9.59 Å². The Hall–Kier alpha value is -2.83. The van der Waals surface area contributed by atoms with E-state index >= 15 is 0 Å². The summed E-state index contributed by atoms with van der Waals surface area (Å²) in [7, 11) is 0. The number of thioether (sulfide) groups is 1. The third-order valence-corrected chi connectivity index (χ3v) is 6.51. The molecule has 2 atom stereocenters. The number of carbonyl (C=O) groups excluding carboxylic acids is 2. The Kier molecular flexibility index (Phi) is 9.54. The first kappa shape index (κ1) is 25.8. The molecule has 0 aromatic heterocycles. The molecular weight excluding hydrogens is 471 g/mol. The predicted molar refractivity (Wildman–Crippen MR) is 138 cm³/mol. The van der Waals surface area contributed by atoms with Crippen molar-refractivity contribution in [1.29, 1.82) is 0 Å². The summed E-state index contributed by atoms with van der Waals surface area (Å²) in [4.78, 5) is 26.3. The molecule has 0 radical (unpaired) electrons. The summed E-state index contributed by atoms with van der Waals surface area (Å²) in [5, 5.41) is 6.17. The van der Waals surface area contributed by atoms with E-state index in [2.05, 4.69) is 17.6 Å². The maximum atomic E-state index is 14.0. The van der Waals surface area contributed by atoms with E-state index in [1.165, 1.54) is 12.1 Å². The van der Waals surface area contributed by atoms with Crippen molar-refractivity contribution >= 4 is 35.2 Å². The van der Waals surface area contributed by atoms with E-state index in [-0.39, 0.29) is 11.7 Å². The third kappa shape index (κ3) is 6.84. The SMILES string of the molecule is CCc1ccc([C@H](NC(=O)[C@H](CCSC)NC(=O)c2ccccc2Cl)c2cccc(F)c2)cc1. The summed E-state index contributed by atoms with van der Waals surface area (Å²) in [5.41, 5.74) is 2.93. The minimum Gasteiger partial charge on any atom is -0.343 e. The standard InChI is InChI=1S/C27H28ClFN2O2S/c1-3-18-11-13-19(14-12-18)25(20-7-6-8-21(29)17-20)31-27(33)24(15-16-34-2)30-26(32)22-9-4-5-10-23(22)28/h4-14,17,24-25H,3,15-16H2,1-2H3,(H,30,32)(H,31,33)/t24-,25-/m0/s1. The number of rotatable bonds is 10. The van der Waals surface area contributed by atoms with Crippen LogP contribution in [0.1, 0.15) is 46.4 Å². The first-order chi connectivity index (χ1) is 16.4. The second kappa shape index (κ2) is 12.6. The number of nitrogens with one attached hydrogen (secondary N) is 2. The Labute approximate surface area is 209 Å². The van der Waals surface area contributed by atoms with Gasteiger partial charge in [-0.05, 0) is 65.8 Å². The average molecular weight is 499 g/mol. The molecular formula is C27H28ClFN2O2S. The van der Waals surface area contributed by atoms with Crippen LogP contribution in [0.4, 0.5) is 4.39 Å². The Bertz CT molecular complexity index is 1120. The zero-order valence-electron chi connectivity index (χ0n) is 19.2. The van der Waals surface area contributed by atoms with Gasteiger partial charge < -0.3 is 10.6 Å². The first-order valence-corrected chi connectivity index (χ1v) is 12.9. The molecule has 3 aromatic rings. The summed E-state index contributed by atoms with van der Waals surface area (Å²) in [6.45, 7) is 2.07. The number of amides is 2. The molecule has 3 rings (SSSR count). The van der Waals surface area contributed by atoms with Gasteiger partial charge in [0.2, 0.25) is 5.91 Å². The van der Waals surface area contributed by atoms with Crippen molar-refractivity contribution in [1.82, 2.24) is 10.6 Å². The molecule has 0 aliphatic carbocycles. The van der Waals surface area contributed by atoms with E-state index in [9.17, 15) is 14.0 Å². The highest BCUT2D eigenvalue weighted by molar-refractivity contribution is 7.98. The molecule has 0 bridgehead atoms. The van der Waals surface area contributed by atoms with Crippen LogP contribution in [0.5, 0.6) is 0 Å². The summed E-state index contributed by atoms with van der Waals surface area (Å²) in [6.07, 6.45) is 3.27. The van der Waals surface area contributed by atoms with Gasteiger partial charge in [-0.2, -0.15) is 11.8 Å². The topological polar surface area (TPSA) is 58.2 Å². The van der Waals surface area contributed by atoms with E-state index in [1.54, 1.807) is 48.2 Å². The second-order valence-electron chi connectivity index (χ2n) is 7.88. The number of aryl methyl sites for hydroxylation is 1. The summed E-state index contributed by atoms with van der Waals surface area (Å²) < 4.78 is 14.0. The first-order valence-electron chi connectivity index (χ1n) is 11.1. The zero-order chi connectivity index (χ0) is 24.5. The van der Waals surface area contributed by atoms with Crippen LogP contribution in [0.3, 0.4) is 0 Å². The van der Waals surface area contributed by atoms with Gasteiger partial charge in [0.15, 0.2) is 0 Å². The monoisotopic (exact) mass is 498 g/mol. The summed E-state index contributed by atoms with van der Waals surface area (Å²) >= 11 is 7.75. The van der Waals surface area contributed by atoms with Crippen molar-refractivity contribution in [2.45, 2.75) is 31.8 Å². The summed E-state index contributed by atoms with van der Waals surface area (Å²) in [5.74, 6) is -0.464. The molecule has 2 N–H and O–H groups in total. The van der Waals surface area contributed by atoms with Gasteiger partial charge in [-0.1, -0.05) is 67.1 Å². The molecule has 0 heterocycles. The van der Waals surface area contributed by atoms with Crippen LogP contribution < -0.4 is 10.6 Å². The van der Waals surface area contributed by atoms with Crippen molar-refractivity contribution in [3.63, 3.8) is 0 Å². The Balaban J connectivity index is 1.87. The highest BCUT2D eigenvalue weighted by Gasteiger charge is 2.26. The fourth-order valence-electron chi connectivity index (χ4n) is 3.62. The van der Waals surface area contributed by atoms with Gasteiger partial charge in [0, 0.05) is 0 Å². The Morgan fingerprint density at radius 2 is 1.71 bits per heavy atom. The molecule has 34 heavy (non-hydrogen) atoms. The number of benzene rings is 3. The molecule has 3 aromatic carbocycles. The predicted octanol–water partition coefficient (Wildman–Crippen LogP) is 5.80. The number of hydrogen-bond donors (Lipinski definition) is 2. The van der Waals surface area contributed by atoms with E-state index in [1.807, 2.05) is 30.5 Å². The van der Waals surface area contributed by atoms with E-state index in [4.69, 9.17) is 11.6 Å². The van der Waals surface area contributed by atoms with Crippen LogP contribution in [0.25, 0.3) is 0 Å². The second-order valence-corrected chi connectivity index (χ2v) is 9.27. The maximum absolute atomic E-state index is 14.0. The molecule has 0 aliphatic rings. The van der Waals surface area contributed by atoms with E-state index in [0.717, 1.165) is 17.5 Å². The van der Waals surface area contributed by atoms with Gasteiger partial charge in [-0.25, -0.2) is 4.39 Å². The number of hydrogen-bond acceptors (Lipinski definition) is 3. The molecule has 0 fully saturated rings. The molecule has 0 saturated carbocycles. The van der Waals surface area contributed by atoms with Crippen LogP contribution in [-0.4, -0.2) is 29.9 Å². The fourth-order valence-corrected chi connectivity index (χ4v) is 4.31. The largest absolute Gasteiger partial charge is 0.343 e. The lowest BCUT2D eigenvalue weighted by Gasteiger charge is -2.24. The minimum atomic E-state index is -0.776. The lowest BCUT2D eigenvalue weighted by atomic mass is 9.96. The average Bonchev–Trinajstić information content (AvgIpc) is 2.85. The minimum absolute atomic E-state index is 0.308. The van der Waals surface area contributed by atoms with Crippen LogP contribution in [-0.2, 0) is 11.2 Å². The summed E-state index contributed by atoms with van der Waals surface area (Å²) in [6, 6.07) is 19.4. The molecule has 178 valence electrons. The highest BCUT2D eigenvalue weighted by atomic mass is 35.5. The molecule has 2 amide bonds. The van der Waals surface area contributed by atoms with Gasteiger partial charge in [-0.15, -0.1) is 0 Å². The molecule has 0 aliphatic heterocycles. The van der Waals surface area contributed by atoms with E-state index < -0.39 is 18.0 Å². The van der Waals surface area contributed by atoms with Gasteiger partial charge in [0.1, 0.15) is 11.9 Å². The van der Waals surface area contributed by atoms with Gasteiger partial charge in [0.25, 0.3) is 5.91 Å². The quantitative estimate of drug-likeness (QED) is 0.371. The van der Waals surface area contributed by atoms with Crippen molar-refractivity contribution in [3.05, 3.63) is 106 Å². The van der Waals surface area contributed by atoms with Crippen LogP contribution >= 0.6 is 23.4 Å². The Morgan fingerprint density at radius 3 is 2.35 bits per heavy atom. The van der Waals surface area contributed by atoms with Crippen LogP contribution in [0, 0.1) is 5.82 Å². The zero-order valence-corrected chi connectivity index (χ0v) is 20.8. The lowest BCUT2D eigenvalue weighted by molar-refractivity contribution is -0.123. The third-order valence-electron chi connectivity index (χ3n) is 5.54. The van der Waals surface area contributed by atoms with Gasteiger partial charge in [0.05, 0.1) is 16.6 Å². The fraction of sp³-hybridized carbons (Fsp3) is 0.259. The molecule has 7 heteroatoms. The molecule has 0 unspecified atom stereocenters. The van der Waals surface area contributed by atoms with E-state index in [0.29, 0.717) is 28.3 Å². The van der Waals surface area contributed by atoms with Crippen molar-refractivity contribution in [3.8, 4) is 0 Å². The maximum Gasteiger partial charge on any atom is 0.253 e. The highest BCUT2D eigenvalue weighted by Crippen LogP contribution is 2.24. The van der Waals surface area contributed by atoms with Gasteiger partial charge >= 0.3 is 0 Å². The molecule has 0 saturated heterocycles. The smallest absolute Gasteiger partial charge is 0.253 e. The molecule has 4 nitrogen and oxygen atoms in total. The number of halogens is 2. The van der Waals surface area contributed by atoms with Crippen molar-refractivity contribution in [2.75, 3.05) is 12.0 Å². The van der Waals surface area contributed by atoms with Crippen molar-refractivity contribution in [2.24, 2.45) is 0 Å². The van der Waals surface area contributed by atoms with Crippen LogP contribution in [0.2, 0.25) is 5.02 Å². The normalized spacial score (nSPS) is 12.6. The number of carbonyl (C=O) groups is 2. The van der Waals surface area contributed by atoms with Crippen LogP contribution in [0.15, 0.2) is 72.8 Å². The lowest BCUT2D eigenvalue weighted by Crippen LogP contribution is -2.48. The van der Waals surface area contributed by atoms with Crippen molar-refractivity contribution < 1.29 is 14.0 Å². The molecule has 0 spiro atoms. The Morgan fingerprint density at radius 1 is 0.971 bits per heavy atom.